The molecule has 1 aromatic rings. The molecular weight excluding hydrogens is 248 g/mol. The summed E-state index contributed by atoms with van der Waals surface area (Å²) in [5, 5.41) is 4.17. The van der Waals surface area contributed by atoms with Crippen molar-refractivity contribution in [2.75, 3.05) is 33.3 Å². The molecule has 0 radical (unpaired) electrons. The fourth-order valence-corrected chi connectivity index (χ4v) is 2.08. The molecule has 0 heterocycles. The van der Waals surface area contributed by atoms with Crippen molar-refractivity contribution in [1.29, 1.82) is 0 Å². The molecule has 0 saturated carbocycles. The van der Waals surface area contributed by atoms with Gasteiger partial charge in [0.1, 0.15) is 5.75 Å². The summed E-state index contributed by atoms with van der Waals surface area (Å²) in [4.78, 5) is 2.39. The summed E-state index contributed by atoms with van der Waals surface area (Å²) in [6, 6.07) is 5.70. The SMILES string of the molecule is CCN(CC)CCNCc1cc(Cl)ccc1OC. The molecule has 1 rings (SSSR count). The molecule has 0 saturated heterocycles. The predicted octanol–water partition coefficient (Wildman–Crippen LogP) is 2.78. The van der Waals surface area contributed by atoms with E-state index in [0.29, 0.717) is 0 Å². The van der Waals surface area contributed by atoms with Gasteiger partial charge in [0.2, 0.25) is 0 Å². The molecule has 0 atom stereocenters. The molecule has 0 aliphatic carbocycles. The third kappa shape index (κ3) is 4.84. The molecule has 0 amide bonds. The molecule has 0 aliphatic rings. The van der Waals surface area contributed by atoms with Crippen LogP contribution in [-0.4, -0.2) is 38.2 Å². The first-order chi connectivity index (χ1) is 8.71. The fraction of sp³-hybridized carbons (Fsp3) is 0.571. The van der Waals surface area contributed by atoms with Gasteiger partial charge in [-0.15, -0.1) is 0 Å². The van der Waals surface area contributed by atoms with Crippen molar-refractivity contribution < 1.29 is 4.74 Å². The second-order valence-electron chi connectivity index (χ2n) is 4.16. The van der Waals surface area contributed by atoms with Crippen molar-refractivity contribution >= 4 is 11.6 Å². The summed E-state index contributed by atoms with van der Waals surface area (Å²) < 4.78 is 5.31. The molecule has 0 aromatic heterocycles. The van der Waals surface area contributed by atoms with Gasteiger partial charge in [-0.1, -0.05) is 25.4 Å². The monoisotopic (exact) mass is 270 g/mol. The van der Waals surface area contributed by atoms with Gasteiger partial charge in [0.15, 0.2) is 0 Å². The van der Waals surface area contributed by atoms with Crippen LogP contribution in [0.15, 0.2) is 18.2 Å². The fourth-order valence-electron chi connectivity index (χ4n) is 1.89. The van der Waals surface area contributed by atoms with E-state index in [1.807, 2.05) is 18.2 Å². The Morgan fingerprint density at radius 3 is 2.61 bits per heavy atom. The summed E-state index contributed by atoms with van der Waals surface area (Å²) in [6.07, 6.45) is 0. The maximum Gasteiger partial charge on any atom is 0.123 e. The zero-order valence-electron chi connectivity index (χ0n) is 11.5. The minimum absolute atomic E-state index is 0.747. The number of benzene rings is 1. The van der Waals surface area contributed by atoms with Gasteiger partial charge in [-0.3, -0.25) is 0 Å². The predicted molar refractivity (Wildman–Crippen MR) is 77.5 cm³/mol. The van der Waals surface area contributed by atoms with Gasteiger partial charge in [0.05, 0.1) is 7.11 Å². The first kappa shape index (κ1) is 15.3. The van der Waals surface area contributed by atoms with Crippen molar-refractivity contribution in [2.45, 2.75) is 20.4 Å². The smallest absolute Gasteiger partial charge is 0.123 e. The summed E-state index contributed by atoms with van der Waals surface area (Å²) >= 11 is 5.99. The van der Waals surface area contributed by atoms with Crippen LogP contribution in [-0.2, 0) is 6.54 Å². The second kappa shape index (κ2) is 8.35. The lowest BCUT2D eigenvalue weighted by molar-refractivity contribution is 0.302. The molecule has 1 aromatic carbocycles. The minimum atomic E-state index is 0.747. The number of likely N-dealkylation sites (N-methyl/N-ethyl adjacent to an activating group) is 1. The highest BCUT2D eigenvalue weighted by Crippen LogP contribution is 2.22. The highest BCUT2D eigenvalue weighted by Gasteiger charge is 2.04. The van der Waals surface area contributed by atoms with Crippen LogP contribution in [0.5, 0.6) is 5.75 Å². The molecule has 0 spiro atoms. The van der Waals surface area contributed by atoms with Gasteiger partial charge in [-0.2, -0.15) is 0 Å². The zero-order valence-corrected chi connectivity index (χ0v) is 12.3. The van der Waals surface area contributed by atoms with E-state index < -0.39 is 0 Å². The van der Waals surface area contributed by atoms with E-state index in [9.17, 15) is 0 Å². The number of methoxy groups -OCH3 is 1. The first-order valence-electron chi connectivity index (χ1n) is 6.46. The Labute approximate surface area is 115 Å². The number of halogens is 1. The van der Waals surface area contributed by atoms with Crippen LogP contribution in [0, 0.1) is 0 Å². The Bertz CT molecular complexity index is 354. The van der Waals surface area contributed by atoms with Crippen LogP contribution in [0.4, 0.5) is 0 Å². The molecule has 102 valence electrons. The lowest BCUT2D eigenvalue weighted by atomic mass is 10.2. The van der Waals surface area contributed by atoms with Gasteiger partial charge < -0.3 is 15.0 Å². The Hall–Kier alpha value is -0.770. The second-order valence-corrected chi connectivity index (χ2v) is 4.60. The quantitative estimate of drug-likeness (QED) is 0.735. The van der Waals surface area contributed by atoms with Gasteiger partial charge in [0, 0.05) is 30.2 Å². The van der Waals surface area contributed by atoms with Crippen LogP contribution >= 0.6 is 11.6 Å². The van der Waals surface area contributed by atoms with E-state index in [0.717, 1.165) is 49.1 Å². The summed E-state index contributed by atoms with van der Waals surface area (Å²) in [5.74, 6) is 0.884. The Balaban J connectivity index is 2.41. The van der Waals surface area contributed by atoms with Gasteiger partial charge >= 0.3 is 0 Å². The topological polar surface area (TPSA) is 24.5 Å². The highest BCUT2D eigenvalue weighted by atomic mass is 35.5. The molecule has 0 unspecified atom stereocenters. The maximum absolute atomic E-state index is 5.99. The van der Waals surface area contributed by atoms with Crippen molar-refractivity contribution in [1.82, 2.24) is 10.2 Å². The van der Waals surface area contributed by atoms with E-state index in [4.69, 9.17) is 16.3 Å². The minimum Gasteiger partial charge on any atom is -0.496 e. The van der Waals surface area contributed by atoms with Gasteiger partial charge in [0.25, 0.3) is 0 Å². The Morgan fingerprint density at radius 2 is 2.00 bits per heavy atom. The van der Waals surface area contributed by atoms with Crippen LogP contribution in [0.1, 0.15) is 19.4 Å². The zero-order chi connectivity index (χ0) is 13.4. The molecule has 18 heavy (non-hydrogen) atoms. The highest BCUT2D eigenvalue weighted by molar-refractivity contribution is 6.30. The largest absolute Gasteiger partial charge is 0.496 e. The van der Waals surface area contributed by atoms with Crippen LogP contribution < -0.4 is 10.1 Å². The number of ether oxygens (including phenoxy) is 1. The lowest BCUT2D eigenvalue weighted by Crippen LogP contribution is -2.31. The number of nitrogens with one attached hydrogen (secondary N) is 1. The van der Waals surface area contributed by atoms with Crippen LogP contribution in [0.25, 0.3) is 0 Å². The molecule has 3 nitrogen and oxygen atoms in total. The van der Waals surface area contributed by atoms with Crippen molar-refractivity contribution in [3.05, 3.63) is 28.8 Å². The number of nitrogens with zero attached hydrogens (tertiary/aromatic N) is 1. The Kier molecular flexibility index (Phi) is 7.09. The first-order valence-corrected chi connectivity index (χ1v) is 6.84. The Morgan fingerprint density at radius 1 is 1.28 bits per heavy atom. The third-order valence-electron chi connectivity index (χ3n) is 3.06. The van der Waals surface area contributed by atoms with Crippen molar-refractivity contribution in [2.24, 2.45) is 0 Å². The van der Waals surface area contributed by atoms with Gasteiger partial charge in [-0.25, -0.2) is 0 Å². The van der Waals surface area contributed by atoms with E-state index in [1.54, 1.807) is 7.11 Å². The van der Waals surface area contributed by atoms with Gasteiger partial charge in [-0.05, 0) is 31.3 Å². The molecule has 0 bridgehead atoms. The van der Waals surface area contributed by atoms with E-state index in [-0.39, 0.29) is 0 Å². The number of rotatable bonds is 8. The normalized spacial score (nSPS) is 10.9. The van der Waals surface area contributed by atoms with E-state index in [2.05, 4.69) is 24.1 Å². The number of hydrogen-bond acceptors (Lipinski definition) is 3. The average molecular weight is 271 g/mol. The van der Waals surface area contributed by atoms with Crippen LogP contribution in [0.3, 0.4) is 0 Å². The van der Waals surface area contributed by atoms with E-state index in [1.165, 1.54) is 0 Å². The van der Waals surface area contributed by atoms with Crippen molar-refractivity contribution in [3.8, 4) is 5.75 Å². The number of hydrogen-bond donors (Lipinski definition) is 1. The lowest BCUT2D eigenvalue weighted by Gasteiger charge is -2.18. The summed E-state index contributed by atoms with van der Waals surface area (Å²) in [6.45, 7) is 9.38. The molecule has 1 N–H and O–H groups in total. The standard InChI is InChI=1S/C14H23ClN2O/c1-4-17(5-2)9-8-16-11-12-10-13(15)6-7-14(12)18-3/h6-7,10,16H,4-5,8-9,11H2,1-3H3. The molecule has 4 heteroatoms. The van der Waals surface area contributed by atoms with Crippen LogP contribution in [0.2, 0.25) is 5.02 Å². The average Bonchev–Trinajstić information content (AvgIpc) is 2.39. The van der Waals surface area contributed by atoms with Crippen molar-refractivity contribution in [3.63, 3.8) is 0 Å². The molecule has 0 fully saturated rings. The molecular formula is C14H23ClN2O. The molecule has 0 aliphatic heterocycles. The maximum atomic E-state index is 5.99. The van der Waals surface area contributed by atoms with E-state index >= 15 is 0 Å². The third-order valence-corrected chi connectivity index (χ3v) is 3.29. The summed E-state index contributed by atoms with van der Waals surface area (Å²) in [5.41, 5.74) is 1.10. The summed E-state index contributed by atoms with van der Waals surface area (Å²) in [7, 11) is 1.68.